The lowest BCUT2D eigenvalue weighted by Gasteiger charge is -2.25. The molecule has 1 rings (SSSR count). The van der Waals surface area contributed by atoms with Crippen LogP contribution >= 0.6 is 0 Å². The van der Waals surface area contributed by atoms with Crippen LogP contribution in [-0.2, 0) is 23.9 Å². The van der Waals surface area contributed by atoms with Gasteiger partial charge in [-0.05, 0) is 19.9 Å². The third kappa shape index (κ3) is 4.20. The summed E-state index contributed by atoms with van der Waals surface area (Å²) in [6, 6.07) is 0. The third-order valence-electron chi connectivity index (χ3n) is 3.10. The molecule has 0 aromatic rings. The van der Waals surface area contributed by atoms with Crippen LogP contribution in [0.1, 0.15) is 19.8 Å². The lowest BCUT2D eigenvalue weighted by molar-refractivity contribution is -0.151. The summed E-state index contributed by atoms with van der Waals surface area (Å²) in [5.41, 5.74) is -0.737. The van der Waals surface area contributed by atoms with Crippen molar-refractivity contribution in [2.45, 2.75) is 19.8 Å². The Balaban J connectivity index is 2.46. The van der Waals surface area contributed by atoms with E-state index in [0.717, 1.165) is 0 Å². The Hall–Kier alpha value is -1.63. The summed E-state index contributed by atoms with van der Waals surface area (Å²) in [5, 5.41) is 5.66. The Morgan fingerprint density at radius 3 is 2.63 bits per heavy atom. The zero-order chi connectivity index (χ0) is 14.3. The minimum absolute atomic E-state index is 0.158. The highest BCUT2D eigenvalue weighted by Crippen LogP contribution is 2.26. The van der Waals surface area contributed by atoms with E-state index >= 15 is 0 Å². The fourth-order valence-electron chi connectivity index (χ4n) is 2.03. The molecule has 1 saturated heterocycles. The summed E-state index contributed by atoms with van der Waals surface area (Å²) in [5.74, 6) is -1.38. The maximum absolute atomic E-state index is 11.8. The van der Waals surface area contributed by atoms with E-state index in [9.17, 15) is 14.4 Å². The van der Waals surface area contributed by atoms with Gasteiger partial charge in [-0.25, -0.2) is 0 Å². The summed E-state index contributed by atoms with van der Waals surface area (Å²) < 4.78 is 9.44. The molecule has 0 bridgehead atoms. The van der Waals surface area contributed by atoms with Crippen LogP contribution in [0, 0.1) is 5.41 Å². The summed E-state index contributed by atoms with van der Waals surface area (Å²) in [6.45, 7) is 3.22. The second-order valence-corrected chi connectivity index (χ2v) is 4.46. The molecule has 1 aliphatic rings. The van der Waals surface area contributed by atoms with Gasteiger partial charge in [-0.1, -0.05) is 0 Å². The molecule has 1 amide bonds. The molecule has 1 atom stereocenters. The topological polar surface area (TPSA) is 93.7 Å². The highest BCUT2D eigenvalue weighted by molar-refractivity contribution is 5.94. The van der Waals surface area contributed by atoms with Crippen molar-refractivity contribution in [1.82, 2.24) is 10.6 Å². The van der Waals surface area contributed by atoms with Crippen LogP contribution in [0.15, 0.2) is 0 Å². The number of ether oxygens (including phenoxy) is 2. The zero-order valence-electron chi connectivity index (χ0n) is 11.3. The predicted octanol–water partition coefficient (Wildman–Crippen LogP) is -0.791. The fourth-order valence-corrected chi connectivity index (χ4v) is 2.03. The second-order valence-electron chi connectivity index (χ2n) is 4.46. The summed E-state index contributed by atoms with van der Waals surface area (Å²) >= 11 is 0. The number of nitrogens with one attached hydrogen (secondary N) is 2. The molecule has 1 fully saturated rings. The van der Waals surface area contributed by atoms with E-state index in [0.29, 0.717) is 19.5 Å². The van der Waals surface area contributed by atoms with Crippen LogP contribution in [0.2, 0.25) is 0 Å². The molecule has 2 N–H and O–H groups in total. The Kier molecular flexibility index (Phi) is 5.75. The van der Waals surface area contributed by atoms with Crippen molar-refractivity contribution in [3.8, 4) is 0 Å². The Morgan fingerprint density at radius 2 is 2.11 bits per heavy atom. The summed E-state index contributed by atoms with van der Waals surface area (Å²) in [4.78, 5) is 34.5. The van der Waals surface area contributed by atoms with Crippen molar-refractivity contribution in [2.75, 3.05) is 33.4 Å². The van der Waals surface area contributed by atoms with Gasteiger partial charge in [0, 0.05) is 13.1 Å². The van der Waals surface area contributed by atoms with Crippen LogP contribution < -0.4 is 10.6 Å². The number of hydrogen-bond acceptors (Lipinski definition) is 6. The summed E-state index contributed by atoms with van der Waals surface area (Å²) in [7, 11) is 1.32. The smallest absolute Gasteiger partial charge is 0.315 e. The first-order valence-electron chi connectivity index (χ1n) is 6.25. The van der Waals surface area contributed by atoms with Gasteiger partial charge in [0.2, 0.25) is 5.91 Å². The average Bonchev–Trinajstić information content (AvgIpc) is 2.85. The first kappa shape index (κ1) is 15.4. The van der Waals surface area contributed by atoms with E-state index in [1.165, 1.54) is 7.11 Å². The lowest BCUT2D eigenvalue weighted by atomic mass is 9.87. The molecule has 108 valence electrons. The molecule has 0 radical (unpaired) electrons. The Morgan fingerprint density at radius 1 is 1.37 bits per heavy atom. The minimum atomic E-state index is -0.737. The molecule has 1 aliphatic heterocycles. The molecule has 0 aromatic carbocycles. The van der Waals surface area contributed by atoms with E-state index in [4.69, 9.17) is 4.74 Å². The third-order valence-corrected chi connectivity index (χ3v) is 3.10. The van der Waals surface area contributed by atoms with Crippen molar-refractivity contribution in [3.63, 3.8) is 0 Å². The first-order chi connectivity index (χ1) is 9.04. The zero-order valence-corrected chi connectivity index (χ0v) is 11.3. The number of amides is 1. The molecule has 7 heteroatoms. The standard InChI is InChI=1S/C12H20N2O5/c1-3-19-10(16)6-9(15)14-8-12(11(17)18-2)4-5-13-7-12/h13H,3-8H2,1-2H3,(H,14,15). The second kappa shape index (κ2) is 7.08. The molecule has 1 unspecified atom stereocenters. The van der Waals surface area contributed by atoms with Crippen molar-refractivity contribution in [3.05, 3.63) is 0 Å². The van der Waals surface area contributed by atoms with Gasteiger partial charge in [0.1, 0.15) is 6.42 Å². The molecular formula is C12H20N2O5. The lowest BCUT2D eigenvalue weighted by Crippen LogP contribution is -2.45. The SMILES string of the molecule is CCOC(=O)CC(=O)NCC1(C(=O)OC)CCNC1. The normalized spacial score (nSPS) is 21.8. The molecule has 0 spiro atoms. The van der Waals surface area contributed by atoms with Gasteiger partial charge in [0.25, 0.3) is 0 Å². The number of hydrogen-bond donors (Lipinski definition) is 2. The van der Waals surface area contributed by atoms with Crippen LogP contribution in [0.4, 0.5) is 0 Å². The van der Waals surface area contributed by atoms with Gasteiger partial charge in [0.05, 0.1) is 19.1 Å². The van der Waals surface area contributed by atoms with Gasteiger partial charge < -0.3 is 20.1 Å². The van der Waals surface area contributed by atoms with E-state index in [1.807, 2.05) is 0 Å². The quantitative estimate of drug-likeness (QED) is 0.486. The molecule has 1 heterocycles. The minimum Gasteiger partial charge on any atom is -0.469 e. The van der Waals surface area contributed by atoms with Crippen molar-refractivity contribution < 1.29 is 23.9 Å². The van der Waals surface area contributed by atoms with E-state index in [1.54, 1.807) is 6.92 Å². The van der Waals surface area contributed by atoms with Gasteiger partial charge in [-0.15, -0.1) is 0 Å². The van der Waals surface area contributed by atoms with Gasteiger partial charge in [-0.3, -0.25) is 14.4 Å². The highest BCUT2D eigenvalue weighted by Gasteiger charge is 2.42. The van der Waals surface area contributed by atoms with Gasteiger partial charge in [-0.2, -0.15) is 0 Å². The maximum atomic E-state index is 11.8. The van der Waals surface area contributed by atoms with Crippen molar-refractivity contribution in [1.29, 1.82) is 0 Å². The number of methoxy groups -OCH3 is 1. The largest absolute Gasteiger partial charge is 0.469 e. The Labute approximate surface area is 112 Å². The molecule has 0 saturated carbocycles. The van der Waals surface area contributed by atoms with Crippen LogP contribution in [0.25, 0.3) is 0 Å². The van der Waals surface area contributed by atoms with Gasteiger partial charge >= 0.3 is 11.9 Å². The number of carbonyl (C=O) groups excluding carboxylic acids is 3. The molecule has 7 nitrogen and oxygen atoms in total. The Bertz CT molecular complexity index is 350. The molecule has 0 aromatic heterocycles. The van der Waals surface area contributed by atoms with Crippen LogP contribution in [0.3, 0.4) is 0 Å². The number of carbonyl (C=O) groups is 3. The first-order valence-corrected chi connectivity index (χ1v) is 6.25. The highest BCUT2D eigenvalue weighted by atomic mass is 16.5. The van der Waals surface area contributed by atoms with E-state index in [2.05, 4.69) is 15.4 Å². The van der Waals surface area contributed by atoms with Crippen LogP contribution in [-0.4, -0.2) is 51.2 Å². The van der Waals surface area contributed by atoms with Crippen molar-refractivity contribution in [2.24, 2.45) is 5.41 Å². The van der Waals surface area contributed by atoms with Crippen LogP contribution in [0.5, 0.6) is 0 Å². The van der Waals surface area contributed by atoms with Gasteiger partial charge in [0.15, 0.2) is 0 Å². The number of esters is 2. The summed E-state index contributed by atoms with van der Waals surface area (Å²) in [6.07, 6.45) is 0.262. The molecule has 0 aliphatic carbocycles. The monoisotopic (exact) mass is 272 g/mol. The van der Waals surface area contributed by atoms with Crippen molar-refractivity contribution >= 4 is 17.8 Å². The van der Waals surface area contributed by atoms with E-state index in [-0.39, 0.29) is 25.5 Å². The van der Waals surface area contributed by atoms with E-state index < -0.39 is 17.3 Å². The number of rotatable bonds is 6. The average molecular weight is 272 g/mol. The molecular weight excluding hydrogens is 252 g/mol. The maximum Gasteiger partial charge on any atom is 0.315 e. The fraction of sp³-hybridized carbons (Fsp3) is 0.750. The molecule has 19 heavy (non-hydrogen) atoms. The predicted molar refractivity (Wildman–Crippen MR) is 66.2 cm³/mol.